The summed E-state index contributed by atoms with van der Waals surface area (Å²) in [5.41, 5.74) is 1.91. The Hall–Kier alpha value is 0. The SMILES string of the molecule is CC(C)CCCC(C)C1CCC2C3CCC4(C)CC(C)CCC4(C)C3CCC12C.CCCCC. The minimum Gasteiger partial charge on any atom is -0.0654 e. The topological polar surface area (TPSA) is 0 Å². The van der Waals surface area contributed by atoms with Crippen LogP contribution in [0.5, 0.6) is 0 Å². The molecule has 4 saturated carbocycles. The zero-order chi connectivity index (χ0) is 25.1. The third-order valence-electron chi connectivity index (χ3n) is 12.5. The third-order valence-corrected chi connectivity index (χ3v) is 12.5. The normalized spacial score (nSPS) is 44.5. The van der Waals surface area contributed by atoms with Crippen molar-refractivity contribution in [1.82, 2.24) is 0 Å². The lowest BCUT2D eigenvalue weighted by atomic mass is 9.39. The molecular weight excluding hydrogens is 408 g/mol. The quantitative estimate of drug-likeness (QED) is 0.345. The third kappa shape index (κ3) is 5.47. The van der Waals surface area contributed by atoms with Gasteiger partial charge in [-0.05, 0) is 109 Å². The van der Waals surface area contributed by atoms with Gasteiger partial charge in [-0.25, -0.2) is 0 Å². The molecule has 0 aromatic rings. The minimum absolute atomic E-state index is 0.627. The lowest BCUT2D eigenvalue weighted by molar-refractivity contribution is -0.161. The zero-order valence-corrected chi connectivity index (χ0v) is 25.1. The first-order valence-electron chi connectivity index (χ1n) is 16.0. The van der Waals surface area contributed by atoms with Gasteiger partial charge in [0.2, 0.25) is 0 Å². The van der Waals surface area contributed by atoms with Crippen molar-refractivity contribution in [3.63, 3.8) is 0 Å². The van der Waals surface area contributed by atoms with Crippen molar-refractivity contribution >= 4 is 0 Å². The molecule has 0 radical (unpaired) electrons. The lowest BCUT2D eigenvalue weighted by Crippen LogP contribution is -2.57. The summed E-state index contributed by atoms with van der Waals surface area (Å²) in [6.07, 6.45) is 22.2. The van der Waals surface area contributed by atoms with Gasteiger partial charge >= 0.3 is 0 Å². The van der Waals surface area contributed by atoms with Gasteiger partial charge in [-0.3, -0.25) is 0 Å². The molecule has 0 saturated heterocycles. The van der Waals surface area contributed by atoms with Gasteiger partial charge in [0.1, 0.15) is 0 Å². The van der Waals surface area contributed by atoms with Crippen LogP contribution in [0.3, 0.4) is 0 Å². The highest BCUT2D eigenvalue weighted by atomic mass is 14.7. The molecule has 0 heteroatoms. The Kier molecular flexibility index (Phi) is 9.74. The van der Waals surface area contributed by atoms with Crippen molar-refractivity contribution in [1.29, 1.82) is 0 Å². The van der Waals surface area contributed by atoms with Crippen molar-refractivity contribution < 1.29 is 0 Å². The molecule has 9 atom stereocenters. The fourth-order valence-corrected chi connectivity index (χ4v) is 10.3. The van der Waals surface area contributed by atoms with Crippen LogP contribution in [0.4, 0.5) is 0 Å². The van der Waals surface area contributed by atoms with E-state index in [-0.39, 0.29) is 0 Å². The molecule has 0 heterocycles. The van der Waals surface area contributed by atoms with Crippen LogP contribution >= 0.6 is 0 Å². The summed E-state index contributed by atoms with van der Waals surface area (Å²) in [6, 6.07) is 0. The van der Waals surface area contributed by atoms with E-state index in [0.29, 0.717) is 16.2 Å². The van der Waals surface area contributed by atoms with E-state index in [0.717, 1.165) is 41.4 Å². The van der Waals surface area contributed by atoms with E-state index in [1.54, 1.807) is 25.7 Å². The molecule has 0 nitrogen and oxygen atoms in total. The molecule has 0 aromatic carbocycles. The monoisotopic (exact) mass is 473 g/mol. The van der Waals surface area contributed by atoms with E-state index < -0.39 is 0 Å². The zero-order valence-electron chi connectivity index (χ0n) is 25.1. The minimum atomic E-state index is 0.627. The number of hydrogen-bond acceptors (Lipinski definition) is 0. The van der Waals surface area contributed by atoms with E-state index in [2.05, 4.69) is 62.3 Å². The summed E-state index contributed by atoms with van der Waals surface area (Å²) < 4.78 is 0. The second-order valence-electron chi connectivity index (χ2n) is 15.1. The van der Waals surface area contributed by atoms with E-state index in [1.807, 2.05) is 0 Å². The molecule has 4 rings (SSSR count). The number of rotatable bonds is 7. The summed E-state index contributed by atoms with van der Waals surface area (Å²) in [7, 11) is 0. The Morgan fingerprint density at radius 2 is 1.44 bits per heavy atom. The summed E-state index contributed by atoms with van der Waals surface area (Å²) >= 11 is 0. The van der Waals surface area contributed by atoms with Gasteiger partial charge in [0.15, 0.2) is 0 Å². The molecular formula is C34H64. The van der Waals surface area contributed by atoms with Crippen molar-refractivity contribution in [3.8, 4) is 0 Å². The highest BCUT2D eigenvalue weighted by Crippen LogP contribution is 2.71. The van der Waals surface area contributed by atoms with Crippen LogP contribution in [0, 0.1) is 57.7 Å². The van der Waals surface area contributed by atoms with Crippen LogP contribution in [0.1, 0.15) is 159 Å². The molecule has 4 aliphatic carbocycles. The van der Waals surface area contributed by atoms with Crippen molar-refractivity contribution in [2.24, 2.45) is 57.7 Å². The van der Waals surface area contributed by atoms with Gasteiger partial charge in [-0.15, -0.1) is 0 Å². The highest BCUT2D eigenvalue weighted by molar-refractivity contribution is 5.12. The van der Waals surface area contributed by atoms with Gasteiger partial charge in [-0.1, -0.05) is 107 Å². The lowest BCUT2D eigenvalue weighted by Gasteiger charge is -2.65. The first-order valence-corrected chi connectivity index (χ1v) is 16.0. The maximum atomic E-state index is 2.75. The molecule has 34 heavy (non-hydrogen) atoms. The molecule has 4 fully saturated rings. The van der Waals surface area contributed by atoms with Crippen molar-refractivity contribution in [3.05, 3.63) is 0 Å². The first kappa shape index (κ1) is 28.6. The molecule has 0 aliphatic heterocycles. The Bertz CT molecular complexity index is 618. The predicted octanol–water partition coefficient (Wildman–Crippen LogP) is 11.3. The molecule has 4 aliphatic rings. The first-order chi connectivity index (χ1) is 16.0. The Morgan fingerprint density at radius 1 is 0.735 bits per heavy atom. The smallest absolute Gasteiger partial charge is 0.0241 e. The van der Waals surface area contributed by atoms with Crippen LogP contribution in [-0.2, 0) is 0 Å². The number of hydrogen-bond donors (Lipinski definition) is 0. The second kappa shape index (κ2) is 11.6. The second-order valence-corrected chi connectivity index (χ2v) is 15.1. The Labute approximate surface area is 216 Å². The fraction of sp³-hybridized carbons (Fsp3) is 1.00. The highest BCUT2D eigenvalue weighted by Gasteiger charge is 2.63. The van der Waals surface area contributed by atoms with Gasteiger partial charge in [0.05, 0.1) is 0 Å². The van der Waals surface area contributed by atoms with Crippen molar-refractivity contribution in [2.45, 2.75) is 159 Å². The van der Waals surface area contributed by atoms with Crippen LogP contribution in [0.2, 0.25) is 0 Å². The summed E-state index contributed by atoms with van der Waals surface area (Å²) in [6.45, 7) is 22.5. The van der Waals surface area contributed by atoms with Crippen LogP contribution in [0.15, 0.2) is 0 Å². The van der Waals surface area contributed by atoms with Crippen LogP contribution in [-0.4, -0.2) is 0 Å². The van der Waals surface area contributed by atoms with E-state index in [1.165, 1.54) is 70.6 Å². The summed E-state index contributed by atoms with van der Waals surface area (Å²) in [5, 5.41) is 0. The standard InChI is InChI=1S/C29H52.C5H12/c1-20(2)9-8-10-22(4)24-11-12-25-23-14-16-27(5)19-21(3)13-18-29(27,7)26(23)15-17-28(24,25)6;1-3-5-4-2/h20-26H,8-19H2,1-7H3;3-5H2,1-2H3. The predicted molar refractivity (Wildman–Crippen MR) is 152 cm³/mol. The maximum absolute atomic E-state index is 2.75. The average Bonchev–Trinajstić information content (AvgIpc) is 3.12. The molecule has 0 aromatic heterocycles. The number of fused-ring (bicyclic) bond motifs is 5. The van der Waals surface area contributed by atoms with Gasteiger partial charge in [-0.2, -0.15) is 0 Å². The number of unbranched alkanes of at least 4 members (excludes halogenated alkanes) is 2. The Morgan fingerprint density at radius 3 is 2.06 bits per heavy atom. The van der Waals surface area contributed by atoms with Gasteiger partial charge in [0.25, 0.3) is 0 Å². The fourth-order valence-electron chi connectivity index (χ4n) is 10.3. The van der Waals surface area contributed by atoms with Gasteiger partial charge in [0, 0.05) is 0 Å². The molecule has 0 N–H and O–H groups in total. The average molecular weight is 473 g/mol. The van der Waals surface area contributed by atoms with Crippen LogP contribution in [0.25, 0.3) is 0 Å². The largest absolute Gasteiger partial charge is 0.0654 e. The van der Waals surface area contributed by atoms with E-state index in [9.17, 15) is 0 Å². The van der Waals surface area contributed by atoms with Crippen LogP contribution < -0.4 is 0 Å². The molecule has 9 unspecified atom stereocenters. The van der Waals surface area contributed by atoms with E-state index in [4.69, 9.17) is 0 Å². The van der Waals surface area contributed by atoms with Crippen molar-refractivity contribution in [2.75, 3.05) is 0 Å². The van der Waals surface area contributed by atoms with E-state index >= 15 is 0 Å². The molecule has 200 valence electrons. The van der Waals surface area contributed by atoms with Gasteiger partial charge < -0.3 is 0 Å². The molecule has 0 amide bonds. The molecule has 0 spiro atoms. The summed E-state index contributed by atoms with van der Waals surface area (Å²) in [4.78, 5) is 0. The molecule has 0 bridgehead atoms. The maximum Gasteiger partial charge on any atom is -0.0241 e. The Balaban J connectivity index is 0.000000588. The summed E-state index contributed by atoms with van der Waals surface area (Å²) in [5.74, 6) is 6.91.